The third-order valence-corrected chi connectivity index (χ3v) is 14.8. The summed E-state index contributed by atoms with van der Waals surface area (Å²) in [6.07, 6.45) is 0. The summed E-state index contributed by atoms with van der Waals surface area (Å²) >= 11 is 0. The second-order valence-corrected chi connectivity index (χ2v) is 17.5. The fourth-order valence-corrected chi connectivity index (χ4v) is 12.5. The number of benzene rings is 9. The highest BCUT2D eigenvalue weighted by molar-refractivity contribution is 6.03. The fraction of sp³-hybridized carbons (Fsp3) is 0.0508. The van der Waals surface area contributed by atoms with Gasteiger partial charge in [0.1, 0.15) is 23.8 Å². The summed E-state index contributed by atoms with van der Waals surface area (Å²) < 4.78 is 8.95. The molecule has 0 fully saturated rings. The van der Waals surface area contributed by atoms with Crippen molar-refractivity contribution in [3.63, 3.8) is 0 Å². The van der Waals surface area contributed by atoms with Crippen LogP contribution in [-0.4, -0.2) is 14.4 Å². The van der Waals surface area contributed by atoms with Gasteiger partial charge in [0.25, 0.3) is 0 Å². The minimum Gasteiger partial charge on any atom is -0.488 e. The SMILES string of the molecule is c1ccc2c(c1)COc1ccc3c(c1-2)-c1cc(-c2nc4ccccc4c4nc5ccccc5n24)ccc1C31c2ccccc2C2(c3ccccc3-c3ccccc32)c2ccccc21. The van der Waals surface area contributed by atoms with Gasteiger partial charge in [0, 0.05) is 16.5 Å². The van der Waals surface area contributed by atoms with Crippen LogP contribution in [0.3, 0.4) is 0 Å². The molecule has 1 aliphatic heterocycles. The van der Waals surface area contributed by atoms with Crippen LogP contribution in [0.25, 0.3) is 72.4 Å². The lowest BCUT2D eigenvalue weighted by Gasteiger charge is -2.49. The van der Waals surface area contributed by atoms with Gasteiger partial charge < -0.3 is 4.74 Å². The van der Waals surface area contributed by atoms with E-state index in [0.717, 1.165) is 50.3 Å². The van der Waals surface area contributed by atoms with Gasteiger partial charge in [0.15, 0.2) is 0 Å². The number of hydrogen-bond donors (Lipinski definition) is 0. The van der Waals surface area contributed by atoms with E-state index in [4.69, 9.17) is 14.7 Å². The third-order valence-electron chi connectivity index (χ3n) is 14.8. The number of fused-ring (bicyclic) bond motifs is 25. The van der Waals surface area contributed by atoms with Gasteiger partial charge >= 0.3 is 0 Å². The molecule has 0 saturated carbocycles. The van der Waals surface area contributed by atoms with Crippen LogP contribution in [0.1, 0.15) is 50.1 Å². The number of para-hydroxylation sites is 3. The Bertz CT molecular complexity index is 3740. The molecular weight excluding hydrogens is 767 g/mol. The molecule has 4 heteroatoms. The molecule has 0 N–H and O–H groups in total. The van der Waals surface area contributed by atoms with Gasteiger partial charge in [0.05, 0.1) is 27.4 Å². The molecule has 11 aromatic rings. The van der Waals surface area contributed by atoms with E-state index in [1.165, 1.54) is 77.9 Å². The molecule has 0 saturated heterocycles. The quantitative estimate of drug-likeness (QED) is 0.166. The molecule has 3 heterocycles. The van der Waals surface area contributed by atoms with Gasteiger partial charge in [-0.2, -0.15) is 0 Å². The Kier molecular flexibility index (Phi) is 6.32. The molecular formula is C59H35N3O. The van der Waals surface area contributed by atoms with Crippen LogP contribution >= 0.6 is 0 Å². The number of ether oxygens (including phenoxy) is 1. The van der Waals surface area contributed by atoms with E-state index in [1.807, 2.05) is 0 Å². The lowest BCUT2D eigenvalue weighted by Crippen LogP contribution is -2.43. The van der Waals surface area contributed by atoms with E-state index in [0.29, 0.717) is 6.61 Å². The topological polar surface area (TPSA) is 39.4 Å². The lowest BCUT2D eigenvalue weighted by atomic mass is 9.52. The molecule has 4 aliphatic rings. The standard InChI is InChI=1S/C59H35N3O/c1-2-16-37-36(15-1)34-63-53-32-31-49-54(55(37)53)41-33-35(56-60-50-26-12-5-19-40(50)57-61-51-27-13-14-28-52(51)62(56)57)29-30-44(41)59(49)47-24-10-8-22-45(47)58(46-23-9-11-25-48(46)59)42-20-6-3-17-38(42)39-18-4-7-21-43(39)58/h1-33H,34H2. The van der Waals surface area contributed by atoms with Gasteiger partial charge in [-0.25, -0.2) is 9.97 Å². The summed E-state index contributed by atoms with van der Waals surface area (Å²) in [6.45, 7) is 0.541. The number of aromatic nitrogens is 3. The highest BCUT2D eigenvalue weighted by Gasteiger charge is 2.59. The Hall–Kier alpha value is -8.08. The van der Waals surface area contributed by atoms with E-state index < -0.39 is 10.8 Å². The first-order chi connectivity index (χ1) is 31.3. The maximum absolute atomic E-state index is 6.69. The van der Waals surface area contributed by atoms with Crippen molar-refractivity contribution in [3.05, 3.63) is 250 Å². The molecule has 0 atom stereocenters. The number of hydrogen-bond acceptors (Lipinski definition) is 3. The van der Waals surface area contributed by atoms with Crippen molar-refractivity contribution in [3.8, 4) is 50.5 Å². The molecule has 3 aliphatic carbocycles. The van der Waals surface area contributed by atoms with Gasteiger partial charge in [0.2, 0.25) is 0 Å². The summed E-state index contributed by atoms with van der Waals surface area (Å²) in [7, 11) is 0. The van der Waals surface area contributed by atoms with Crippen LogP contribution < -0.4 is 4.74 Å². The minimum absolute atomic E-state index is 0.512. The van der Waals surface area contributed by atoms with Crippen molar-refractivity contribution in [2.45, 2.75) is 17.4 Å². The second kappa shape index (κ2) is 11.8. The highest BCUT2D eigenvalue weighted by atomic mass is 16.5. The smallest absolute Gasteiger partial charge is 0.149 e. The molecule has 2 spiro atoms. The fourth-order valence-electron chi connectivity index (χ4n) is 12.5. The molecule has 0 bridgehead atoms. The van der Waals surface area contributed by atoms with Crippen LogP contribution in [0, 0.1) is 0 Å². The molecule has 292 valence electrons. The summed E-state index contributed by atoms with van der Waals surface area (Å²) in [4.78, 5) is 10.7. The predicted molar refractivity (Wildman–Crippen MR) is 251 cm³/mol. The van der Waals surface area contributed by atoms with E-state index in [2.05, 4.69) is 205 Å². The van der Waals surface area contributed by atoms with Gasteiger partial charge in [-0.1, -0.05) is 164 Å². The monoisotopic (exact) mass is 801 g/mol. The average Bonchev–Trinajstić information content (AvgIpc) is 3.99. The Morgan fingerprint density at radius 2 is 0.952 bits per heavy atom. The van der Waals surface area contributed by atoms with Crippen LogP contribution in [-0.2, 0) is 17.4 Å². The largest absolute Gasteiger partial charge is 0.488 e. The second-order valence-electron chi connectivity index (χ2n) is 17.5. The molecule has 9 aromatic carbocycles. The molecule has 63 heavy (non-hydrogen) atoms. The lowest BCUT2D eigenvalue weighted by molar-refractivity contribution is 0.302. The Morgan fingerprint density at radius 3 is 1.67 bits per heavy atom. The van der Waals surface area contributed by atoms with Crippen LogP contribution in [0.4, 0.5) is 0 Å². The van der Waals surface area contributed by atoms with Crippen molar-refractivity contribution in [1.82, 2.24) is 14.4 Å². The molecule has 0 amide bonds. The zero-order valence-corrected chi connectivity index (χ0v) is 34.0. The Labute approximate surface area is 363 Å². The van der Waals surface area contributed by atoms with Gasteiger partial charge in [-0.3, -0.25) is 4.40 Å². The summed E-state index contributed by atoms with van der Waals surface area (Å²) in [5.74, 6) is 1.78. The van der Waals surface area contributed by atoms with Crippen LogP contribution in [0.2, 0.25) is 0 Å². The zero-order valence-electron chi connectivity index (χ0n) is 34.0. The van der Waals surface area contributed by atoms with Crippen molar-refractivity contribution >= 4 is 27.6 Å². The van der Waals surface area contributed by atoms with Gasteiger partial charge in [-0.05, 0) is 114 Å². The van der Waals surface area contributed by atoms with E-state index in [9.17, 15) is 0 Å². The Morgan fingerprint density at radius 1 is 0.413 bits per heavy atom. The summed E-state index contributed by atoms with van der Waals surface area (Å²) in [5.41, 5.74) is 22.7. The molecule has 0 unspecified atom stereocenters. The van der Waals surface area contributed by atoms with Gasteiger partial charge in [-0.15, -0.1) is 0 Å². The van der Waals surface area contributed by atoms with E-state index in [-0.39, 0.29) is 0 Å². The summed E-state index contributed by atoms with van der Waals surface area (Å²) in [6, 6.07) is 74.1. The molecule has 4 nitrogen and oxygen atoms in total. The normalized spacial score (nSPS) is 15.0. The number of rotatable bonds is 1. The maximum atomic E-state index is 6.69. The number of nitrogens with zero attached hydrogens (tertiary/aromatic N) is 3. The third kappa shape index (κ3) is 3.95. The summed E-state index contributed by atoms with van der Waals surface area (Å²) in [5, 5.41) is 1.03. The van der Waals surface area contributed by atoms with E-state index >= 15 is 0 Å². The zero-order chi connectivity index (χ0) is 41.0. The van der Waals surface area contributed by atoms with Crippen molar-refractivity contribution in [1.29, 1.82) is 0 Å². The predicted octanol–water partition coefficient (Wildman–Crippen LogP) is 13.3. The minimum atomic E-state index is -0.649. The molecule has 15 rings (SSSR count). The maximum Gasteiger partial charge on any atom is 0.149 e. The first kappa shape index (κ1) is 33.6. The molecule has 2 aromatic heterocycles. The van der Waals surface area contributed by atoms with Crippen molar-refractivity contribution < 1.29 is 4.74 Å². The Balaban J connectivity index is 1.10. The van der Waals surface area contributed by atoms with Crippen LogP contribution in [0.5, 0.6) is 5.75 Å². The first-order valence-electron chi connectivity index (χ1n) is 21.9. The van der Waals surface area contributed by atoms with Crippen molar-refractivity contribution in [2.24, 2.45) is 0 Å². The molecule has 0 radical (unpaired) electrons. The van der Waals surface area contributed by atoms with E-state index in [1.54, 1.807) is 0 Å². The van der Waals surface area contributed by atoms with Crippen molar-refractivity contribution in [2.75, 3.05) is 0 Å². The van der Waals surface area contributed by atoms with Crippen LogP contribution in [0.15, 0.2) is 200 Å². The number of imidazole rings is 1. The highest BCUT2D eigenvalue weighted by Crippen LogP contribution is 2.69. The average molecular weight is 802 g/mol. The first-order valence-corrected chi connectivity index (χ1v) is 21.9.